The minimum atomic E-state index is -0.940. The van der Waals surface area contributed by atoms with E-state index >= 15 is 0 Å². The van der Waals surface area contributed by atoms with Gasteiger partial charge in [-0.3, -0.25) is 0 Å². The van der Waals surface area contributed by atoms with E-state index in [4.69, 9.17) is 0 Å². The Balaban J connectivity index is 1.69. The maximum atomic E-state index is 11.2. The molecule has 0 bridgehead atoms. The number of hydrogen-bond acceptors (Lipinski definition) is 3. The third-order valence-corrected chi connectivity index (χ3v) is 8.96. The van der Waals surface area contributed by atoms with Crippen LogP contribution in [-0.4, -0.2) is 33.1 Å². The molecule has 3 heteroatoms. The molecule has 0 amide bonds. The third kappa shape index (κ3) is 2.01. The van der Waals surface area contributed by atoms with Crippen molar-refractivity contribution in [3.8, 4) is 0 Å². The average Bonchev–Trinajstić information content (AvgIpc) is 2.81. The van der Waals surface area contributed by atoms with Gasteiger partial charge in [-0.2, -0.15) is 0 Å². The third-order valence-electron chi connectivity index (χ3n) is 8.96. The smallest absolute Gasteiger partial charge is 0.0961 e. The van der Waals surface area contributed by atoms with Crippen molar-refractivity contribution in [2.75, 3.05) is 0 Å². The van der Waals surface area contributed by atoms with Crippen molar-refractivity contribution >= 4 is 0 Å². The highest BCUT2D eigenvalue weighted by Gasteiger charge is 2.64. The van der Waals surface area contributed by atoms with Crippen LogP contribution in [0.15, 0.2) is 11.6 Å². The van der Waals surface area contributed by atoms with Crippen molar-refractivity contribution in [3.63, 3.8) is 0 Å². The Morgan fingerprint density at radius 3 is 2.50 bits per heavy atom. The summed E-state index contributed by atoms with van der Waals surface area (Å²) in [7, 11) is 0. The van der Waals surface area contributed by atoms with E-state index in [0.717, 1.165) is 51.4 Å². The van der Waals surface area contributed by atoms with Gasteiger partial charge < -0.3 is 15.3 Å². The second-order valence-corrected chi connectivity index (χ2v) is 9.77. The quantitative estimate of drug-likeness (QED) is 0.644. The zero-order chi connectivity index (χ0) is 17.3. The van der Waals surface area contributed by atoms with Gasteiger partial charge in [-0.05, 0) is 81.5 Å². The fourth-order valence-electron chi connectivity index (χ4n) is 7.23. The first-order valence-electron chi connectivity index (χ1n) is 10.0. The predicted octanol–water partition coefficient (Wildman–Crippen LogP) is 3.42. The molecule has 0 radical (unpaired) electrons. The maximum Gasteiger partial charge on any atom is 0.0961 e. The van der Waals surface area contributed by atoms with Crippen LogP contribution in [0, 0.1) is 28.6 Å². The first kappa shape index (κ1) is 17.1. The molecule has 0 spiro atoms. The number of hydrogen-bond donors (Lipinski definition) is 3. The molecular formula is C21H34O3. The van der Waals surface area contributed by atoms with Crippen LogP contribution < -0.4 is 0 Å². The molecule has 4 aliphatic carbocycles. The molecule has 3 fully saturated rings. The highest BCUT2D eigenvalue weighted by Crippen LogP contribution is 2.67. The fourth-order valence-corrected chi connectivity index (χ4v) is 7.23. The Bertz CT molecular complexity index is 555. The van der Waals surface area contributed by atoms with E-state index in [1.165, 1.54) is 0 Å². The number of allylic oxidation sites excluding steroid dienone is 2. The van der Waals surface area contributed by atoms with Gasteiger partial charge >= 0.3 is 0 Å². The van der Waals surface area contributed by atoms with Crippen LogP contribution in [0.5, 0.6) is 0 Å². The summed E-state index contributed by atoms with van der Waals surface area (Å²) in [6.45, 7) is 6.43. The highest BCUT2D eigenvalue weighted by atomic mass is 16.3. The Kier molecular flexibility index (Phi) is 3.77. The molecule has 0 heterocycles. The van der Waals surface area contributed by atoms with Crippen LogP contribution >= 0.6 is 0 Å². The molecule has 4 aliphatic rings. The van der Waals surface area contributed by atoms with E-state index in [1.54, 1.807) is 12.5 Å². The van der Waals surface area contributed by atoms with Gasteiger partial charge in [-0.15, -0.1) is 0 Å². The van der Waals surface area contributed by atoms with Crippen molar-refractivity contribution in [2.24, 2.45) is 28.6 Å². The molecule has 0 aromatic carbocycles. The van der Waals surface area contributed by atoms with Gasteiger partial charge in [0.15, 0.2) is 0 Å². The van der Waals surface area contributed by atoms with Crippen molar-refractivity contribution in [1.82, 2.24) is 0 Å². The Morgan fingerprint density at radius 1 is 1.08 bits per heavy atom. The Hall–Kier alpha value is -0.380. The van der Waals surface area contributed by atoms with Crippen molar-refractivity contribution in [1.29, 1.82) is 0 Å². The summed E-state index contributed by atoms with van der Waals surface area (Å²) in [6.07, 6.45) is 9.64. The molecule has 0 unspecified atom stereocenters. The molecule has 0 saturated heterocycles. The summed E-state index contributed by atoms with van der Waals surface area (Å²) in [5.74, 6) is 1.63. The van der Waals surface area contributed by atoms with Crippen LogP contribution in [0.1, 0.15) is 72.1 Å². The standard InChI is InChI=1S/C21H34O3/c1-13(22)21(24)11-8-18-16-5-4-14-12-15(23)6-9-19(14,2)17(16)7-10-20(18,21)3/h5,13-15,17-18,22-24H,4,6-12H2,1-3H3/t13-,14+,15+,17-,18-,19-,20-,21-/m0/s1. The van der Waals surface area contributed by atoms with E-state index in [2.05, 4.69) is 19.9 Å². The van der Waals surface area contributed by atoms with E-state index < -0.39 is 11.7 Å². The summed E-state index contributed by atoms with van der Waals surface area (Å²) in [6, 6.07) is 0. The highest BCUT2D eigenvalue weighted by molar-refractivity contribution is 5.30. The van der Waals surface area contributed by atoms with Crippen LogP contribution in [0.4, 0.5) is 0 Å². The number of rotatable bonds is 1. The monoisotopic (exact) mass is 334 g/mol. The van der Waals surface area contributed by atoms with Crippen LogP contribution in [-0.2, 0) is 0 Å². The zero-order valence-corrected chi connectivity index (χ0v) is 15.5. The molecule has 3 nitrogen and oxygen atoms in total. The number of aliphatic hydroxyl groups is 3. The van der Waals surface area contributed by atoms with Gasteiger partial charge in [0.2, 0.25) is 0 Å². The first-order chi connectivity index (χ1) is 11.2. The maximum absolute atomic E-state index is 11.2. The number of fused-ring (bicyclic) bond motifs is 5. The van der Waals surface area contributed by atoms with Gasteiger partial charge in [-0.1, -0.05) is 25.5 Å². The van der Waals surface area contributed by atoms with E-state index in [1.807, 2.05) is 0 Å². The van der Waals surface area contributed by atoms with Gasteiger partial charge in [0.1, 0.15) is 0 Å². The lowest BCUT2D eigenvalue weighted by Crippen LogP contribution is -2.56. The van der Waals surface area contributed by atoms with Gasteiger partial charge in [-0.25, -0.2) is 0 Å². The topological polar surface area (TPSA) is 60.7 Å². The predicted molar refractivity (Wildman–Crippen MR) is 94.3 cm³/mol. The molecule has 8 atom stereocenters. The lowest BCUT2D eigenvalue weighted by molar-refractivity contribution is -0.152. The summed E-state index contributed by atoms with van der Waals surface area (Å²) >= 11 is 0. The molecule has 3 saturated carbocycles. The Morgan fingerprint density at radius 2 is 1.79 bits per heavy atom. The molecule has 3 N–H and O–H groups in total. The fraction of sp³-hybridized carbons (Fsp3) is 0.905. The summed E-state index contributed by atoms with van der Waals surface area (Å²) < 4.78 is 0. The van der Waals surface area contributed by atoms with Crippen molar-refractivity contribution in [2.45, 2.75) is 89.9 Å². The summed E-state index contributed by atoms with van der Waals surface area (Å²) in [5, 5.41) is 31.6. The lowest BCUT2D eigenvalue weighted by atomic mass is 9.47. The SMILES string of the molecule is C[C@H](O)[C@@]1(O)CC[C@H]2C3=CC[C@@H]4C[C@H](O)CC[C@]4(C)[C@H]3CC[C@@]21C. The normalized spacial score (nSPS) is 55.2. The lowest BCUT2D eigenvalue weighted by Gasteiger charge is -2.58. The molecule has 0 aliphatic heterocycles. The minimum absolute atomic E-state index is 0.112. The van der Waals surface area contributed by atoms with E-state index in [0.29, 0.717) is 23.2 Å². The van der Waals surface area contributed by atoms with Gasteiger partial charge in [0.05, 0.1) is 17.8 Å². The Labute approximate surface area is 146 Å². The average molecular weight is 335 g/mol. The van der Waals surface area contributed by atoms with E-state index in [9.17, 15) is 15.3 Å². The molecule has 4 rings (SSSR count). The minimum Gasteiger partial charge on any atom is -0.393 e. The molecule has 136 valence electrons. The van der Waals surface area contributed by atoms with Crippen molar-refractivity contribution < 1.29 is 15.3 Å². The second-order valence-electron chi connectivity index (χ2n) is 9.77. The van der Waals surface area contributed by atoms with Crippen molar-refractivity contribution in [3.05, 3.63) is 11.6 Å². The summed E-state index contributed by atoms with van der Waals surface area (Å²) in [5.41, 5.74) is 0.761. The second kappa shape index (κ2) is 5.31. The molecule has 0 aromatic heterocycles. The zero-order valence-electron chi connectivity index (χ0n) is 15.5. The summed E-state index contributed by atoms with van der Waals surface area (Å²) in [4.78, 5) is 0. The molecule has 24 heavy (non-hydrogen) atoms. The van der Waals surface area contributed by atoms with Gasteiger partial charge in [0, 0.05) is 5.41 Å². The van der Waals surface area contributed by atoms with E-state index in [-0.39, 0.29) is 11.5 Å². The first-order valence-corrected chi connectivity index (χ1v) is 10.0. The van der Waals surface area contributed by atoms with Crippen LogP contribution in [0.3, 0.4) is 0 Å². The van der Waals surface area contributed by atoms with Crippen LogP contribution in [0.25, 0.3) is 0 Å². The number of aliphatic hydroxyl groups excluding tert-OH is 2. The molecule has 0 aromatic rings. The van der Waals surface area contributed by atoms with Crippen LogP contribution in [0.2, 0.25) is 0 Å². The largest absolute Gasteiger partial charge is 0.393 e. The van der Waals surface area contributed by atoms with Gasteiger partial charge in [0.25, 0.3) is 0 Å². The molecular weight excluding hydrogens is 300 g/mol.